The molecule has 0 aliphatic heterocycles. The normalized spacial score (nSPS) is 11.5. The average Bonchev–Trinajstić information content (AvgIpc) is 3.58. The predicted octanol–water partition coefficient (Wildman–Crippen LogP) is 10.1. The van der Waals surface area contributed by atoms with Crippen molar-refractivity contribution in [3.8, 4) is 11.1 Å². The largest absolute Gasteiger partial charge is 0.456 e. The first-order valence-electron chi connectivity index (χ1n) is 17.4. The van der Waals surface area contributed by atoms with Crippen LogP contribution in [0.3, 0.4) is 0 Å². The summed E-state index contributed by atoms with van der Waals surface area (Å²) < 4.78 is 6.39. The molecule has 0 fully saturated rings. The molecule has 0 aliphatic rings. The van der Waals surface area contributed by atoms with Crippen molar-refractivity contribution in [2.75, 3.05) is 4.90 Å². The molecule has 1 aromatic heterocycles. The summed E-state index contributed by atoms with van der Waals surface area (Å²) in [7, 11) is -2.73. The summed E-state index contributed by atoms with van der Waals surface area (Å²) in [5, 5.41) is 7.59. The quantitative estimate of drug-likeness (QED) is 0.118. The van der Waals surface area contributed by atoms with Crippen molar-refractivity contribution in [3.63, 3.8) is 0 Å². The minimum atomic E-state index is -2.73. The Balaban J connectivity index is 1.26. The van der Waals surface area contributed by atoms with Crippen molar-refractivity contribution in [2.45, 2.75) is 0 Å². The minimum Gasteiger partial charge on any atom is -0.456 e. The maximum Gasteiger partial charge on any atom is 0.179 e. The van der Waals surface area contributed by atoms with Crippen LogP contribution in [0.5, 0.6) is 0 Å². The van der Waals surface area contributed by atoms with Gasteiger partial charge in [-0.15, -0.1) is 0 Å². The average molecular weight is 670 g/mol. The molecular formula is C48H35NOSi. The third-order valence-corrected chi connectivity index (χ3v) is 14.8. The van der Waals surface area contributed by atoms with Gasteiger partial charge < -0.3 is 9.32 Å². The maximum absolute atomic E-state index is 6.39. The fourth-order valence-corrected chi connectivity index (χ4v) is 12.5. The Morgan fingerprint density at radius 3 is 1.35 bits per heavy atom. The molecule has 0 bridgehead atoms. The van der Waals surface area contributed by atoms with Crippen LogP contribution in [-0.2, 0) is 0 Å². The molecule has 1 heterocycles. The Labute approximate surface area is 299 Å². The van der Waals surface area contributed by atoms with Gasteiger partial charge in [0.1, 0.15) is 11.2 Å². The zero-order valence-corrected chi connectivity index (χ0v) is 29.1. The maximum atomic E-state index is 6.39. The molecule has 242 valence electrons. The highest BCUT2D eigenvalue weighted by molar-refractivity contribution is 7.19. The molecule has 9 aromatic rings. The summed E-state index contributed by atoms with van der Waals surface area (Å²) in [5.74, 6) is 0. The predicted molar refractivity (Wildman–Crippen MR) is 217 cm³/mol. The lowest BCUT2D eigenvalue weighted by atomic mass is 10.0. The first-order chi connectivity index (χ1) is 25.3. The van der Waals surface area contributed by atoms with E-state index in [4.69, 9.17) is 4.42 Å². The van der Waals surface area contributed by atoms with E-state index < -0.39 is 8.07 Å². The lowest BCUT2D eigenvalue weighted by molar-refractivity contribution is 0.669. The first-order valence-corrected chi connectivity index (χ1v) is 19.4. The van der Waals surface area contributed by atoms with Crippen molar-refractivity contribution in [3.05, 3.63) is 212 Å². The molecule has 9 rings (SSSR count). The summed E-state index contributed by atoms with van der Waals surface area (Å²) in [4.78, 5) is 2.38. The Kier molecular flexibility index (Phi) is 7.88. The highest BCUT2D eigenvalue weighted by Gasteiger charge is 2.41. The number of hydrogen-bond acceptors (Lipinski definition) is 2. The number of benzene rings is 8. The molecule has 0 amide bonds. The van der Waals surface area contributed by atoms with E-state index in [0.29, 0.717) is 0 Å². The standard InChI is InChI=1S/C48H35NOSi/c1-6-17-36(18-7-1)37-29-31-47-45(33-37)46-35-40(30-32-48(46)50-47)49(38-19-8-2-9-20-38)39-21-16-28-44(34-39)51(41-22-10-3-11-23-41,42-24-12-4-13-25-42)43-26-14-5-15-27-43/h1-35H. The Hall–Kier alpha value is -6.42. The molecule has 8 aromatic carbocycles. The molecular weight excluding hydrogens is 635 g/mol. The van der Waals surface area contributed by atoms with E-state index in [1.54, 1.807) is 0 Å². The number of nitrogens with zero attached hydrogens (tertiary/aromatic N) is 1. The van der Waals surface area contributed by atoms with Gasteiger partial charge in [0.05, 0.1) is 0 Å². The number of fused-ring (bicyclic) bond motifs is 3. The third-order valence-electron chi connectivity index (χ3n) is 9.99. The number of hydrogen-bond donors (Lipinski definition) is 0. The summed E-state index contributed by atoms with van der Waals surface area (Å²) in [6, 6.07) is 76.8. The van der Waals surface area contributed by atoms with E-state index in [-0.39, 0.29) is 0 Å². The van der Waals surface area contributed by atoms with Crippen LogP contribution in [0, 0.1) is 0 Å². The Morgan fingerprint density at radius 1 is 0.314 bits per heavy atom. The van der Waals surface area contributed by atoms with E-state index in [0.717, 1.165) is 39.0 Å². The highest BCUT2D eigenvalue weighted by atomic mass is 28.3. The van der Waals surface area contributed by atoms with Crippen molar-refractivity contribution in [1.29, 1.82) is 0 Å². The second kappa shape index (κ2) is 13.1. The van der Waals surface area contributed by atoms with Gasteiger partial charge in [0.15, 0.2) is 8.07 Å². The van der Waals surface area contributed by atoms with Crippen LogP contribution in [0.2, 0.25) is 0 Å². The SMILES string of the molecule is c1ccc(-c2ccc3oc4ccc(N(c5ccccc5)c5cccc([Si](c6ccccc6)(c6ccccc6)c6ccccc6)c5)cc4c3c2)cc1. The second-order valence-electron chi connectivity index (χ2n) is 12.9. The van der Waals surface area contributed by atoms with Gasteiger partial charge in [0, 0.05) is 27.8 Å². The van der Waals surface area contributed by atoms with Gasteiger partial charge in [0.25, 0.3) is 0 Å². The minimum absolute atomic E-state index is 0.879. The van der Waals surface area contributed by atoms with Gasteiger partial charge in [0.2, 0.25) is 0 Å². The zero-order chi connectivity index (χ0) is 34.0. The van der Waals surface area contributed by atoms with Crippen molar-refractivity contribution >= 4 is 67.8 Å². The molecule has 0 saturated carbocycles. The van der Waals surface area contributed by atoms with E-state index in [1.165, 1.54) is 31.9 Å². The van der Waals surface area contributed by atoms with Crippen LogP contribution >= 0.6 is 0 Å². The first kappa shape index (κ1) is 30.6. The second-order valence-corrected chi connectivity index (χ2v) is 16.7. The van der Waals surface area contributed by atoms with Crippen LogP contribution in [0.15, 0.2) is 217 Å². The van der Waals surface area contributed by atoms with Crippen LogP contribution in [0.25, 0.3) is 33.1 Å². The lowest BCUT2D eigenvalue weighted by Crippen LogP contribution is -2.74. The van der Waals surface area contributed by atoms with E-state index in [1.807, 2.05) is 0 Å². The highest BCUT2D eigenvalue weighted by Crippen LogP contribution is 2.39. The van der Waals surface area contributed by atoms with Gasteiger partial charge in [-0.05, 0) is 86.5 Å². The number of furan rings is 1. The summed E-state index contributed by atoms with van der Waals surface area (Å²) in [5.41, 5.74) is 7.41. The number of para-hydroxylation sites is 1. The van der Waals surface area contributed by atoms with Gasteiger partial charge in [-0.3, -0.25) is 0 Å². The van der Waals surface area contributed by atoms with E-state index in [9.17, 15) is 0 Å². The van der Waals surface area contributed by atoms with Crippen molar-refractivity contribution in [1.82, 2.24) is 0 Å². The van der Waals surface area contributed by atoms with Gasteiger partial charge in [-0.25, -0.2) is 0 Å². The fourth-order valence-electron chi connectivity index (χ4n) is 7.68. The molecule has 0 atom stereocenters. The molecule has 0 N–H and O–H groups in total. The molecule has 2 nitrogen and oxygen atoms in total. The number of anilines is 3. The molecule has 3 heteroatoms. The van der Waals surface area contributed by atoms with Crippen LogP contribution in [0.1, 0.15) is 0 Å². The molecule has 0 saturated heterocycles. The van der Waals surface area contributed by atoms with Crippen molar-refractivity contribution in [2.24, 2.45) is 0 Å². The van der Waals surface area contributed by atoms with Crippen LogP contribution in [-0.4, -0.2) is 8.07 Å². The van der Waals surface area contributed by atoms with E-state index >= 15 is 0 Å². The third kappa shape index (κ3) is 5.45. The smallest absolute Gasteiger partial charge is 0.179 e. The lowest BCUT2D eigenvalue weighted by Gasteiger charge is -2.35. The van der Waals surface area contributed by atoms with Gasteiger partial charge in [-0.2, -0.15) is 0 Å². The van der Waals surface area contributed by atoms with Crippen LogP contribution in [0.4, 0.5) is 17.1 Å². The Bertz CT molecular complexity index is 2470. The zero-order valence-electron chi connectivity index (χ0n) is 28.1. The molecule has 0 unspecified atom stereocenters. The van der Waals surface area contributed by atoms with Gasteiger partial charge in [-0.1, -0.05) is 158 Å². The number of rotatable bonds is 8. The van der Waals surface area contributed by atoms with Gasteiger partial charge >= 0.3 is 0 Å². The summed E-state index contributed by atoms with van der Waals surface area (Å²) in [6.07, 6.45) is 0. The summed E-state index contributed by atoms with van der Waals surface area (Å²) >= 11 is 0. The molecule has 0 aliphatic carbocycles. The molecule has 0 radical (unpaired) electrons. The molecule has 0 spiro atoms. The summed E-state index contributed by atoms with van der Waals surface area (Å²) in [6.45, 7) is 0. The Morgan fingerprint density at radius 2 is 0.765 bits per heavy atom. The fraction of sp³-hybridized carbons (Fsp3) is 0. The van der Waals surface area contributed by atoms with E-state index in [2.05, 4.69) is 217 Å². The monoisotopic (exact) mass is 669 g/mol. The topological polar surface area (TPSA) is 16.4 Å². The van der Waals surface area contributed by atoms with Crippen LogP contribution < -0.4 is 25.6 Å². The molecule has 51 heavy (non-hydrogen) atoms. The van der Waals surface area contributed by atoms with Crippen molar-refractivity contribution < 1.29 is 4.42 Å².